The number of nitrogens with one attached hydrogen (secondary N) is 2. The fourth-order valence-electron chi connectivity index (χ4n) is 3.29. The van der Waals surface area contributed by atoms with Gasteiger partial charge in [0.2, 0.25) is 5.91 Å². The molecule has 154 valence electrons. The van der Waals surface area contributed by atoms with E-state index in [9.17, 15) is 9.59 Å². The van der Waals surface area contributed by atoms with Crippen molar-refractivity contribution in [3.05, 3.63) is 117 Å². The van der Waals surface area contributed by atoms with Gasteiger partial charge in [-0.3, -0.25) is 9.59 Å². The van der Waals surface area contributed by atoms with Gasteiger partial charge in [0.1, 0.15) is 0 Å². The van der Waals surface area contributed by atoms with Gasteiger partial charge in [0.05, 0.1) is 21.5 Å². The first-order valence-corrected chi connectivity index (χ1v) is 10.9. The lowest BCUT2D eigenvalue weighted by atomic mass is 9.90. The van der Waals surface area contributed by atoms with E-state index in [-0.39, 0.29) is 11.8 Å². The molecule has 0 fully saturated rings. The van der Waals surface area contributed by atoms with E-state index >= 15 is 0 Å². The van der Waals surface area contributed by atoms with E-state index in [1.807, 2.05) is 72.1 Å². The normalized spacial score (nSPS) is 10.6. The number of halogens is 1. The Bertz CT molecular complexity index is 1140. The first kappa shape index (κ1) is 20.8. The topological polar surface area (TPSA) is 58.2 Å². The Morgan fingerprint density at radius 1 is 0.774 bits per heavy atom. The summed E-state index contributed by atoms with van der Waals surface area (Å²) in [7, 11) is 0. The Labute approximate surface area is 189 Å². The third-order valence-corrected chi connectivity index (χ3v) is 5.94. The van der Waals surface area contributed by atoms with Gasteiger partial charge >= 0.3 is 0 Å². The zero-order valence-electron chi connectivity index (χ0n) is 16.4. The zero-order valence-corrected chi connectivity index (χ0v) is 18.0. The predicted molar refractivity (Wildman–Crippen MR) is 127 cm³/mol. The van der Waals surface area contributed by atoms with Crippen LogP contribution in [0.25, 0.3) is 0 Å². The summed E-state index contributed by atoms with van der Waals surface area (Å²) in [6.45, 7) is 0. The van der Waals surface area contributed by atoms with Crippen molar-refractivity contribution in [3.63, 3.8) is 0 Å². The SMILES string of the molecule is O=C(Nc1ccc(NC(=O)C(c2ccccc2)c2ccccc2)cc1Cl)c1cccs1. The second kappa shape index (κ2) is 9.60. The minimum absolute atomic E-state index is 0.163. The highest BCUT2D eigenvalue weighted by Crippen LogP contribution is 2.29. The minimum Gasteiger partial charge on any atom is -0.325 e. The Balaban J connectivity index is 1.54. The van der Waals surface area contributed by atoms with E-state index in [1.54, 1.807) is 24.3 Å². The molecule has 0 aliphatic heterocycles. The van der Waals surface area contributed by atoms with Crippen molar-refractivity contribution in [1.29, 1.82) is 0 Å². The molecule has 4 nitrogen and oxygen atoms in total. The fourth-order valence-corrected chi connectivity index (χ4v) is 4.13. The average molecular weight is 447 g/mol. The molecule has 0 aliphatic carbocycles. The van der Waals surface area contributed by atoms with E-state index in [0.29, 0.717) is 21.3 Å². The maximum absolute atomic E-state index is 13.2. The second-order valence-corrected chi connectivity index (χ2v) is 8.22. The van der Waals surface area contributed by atoms with Crippen molar-refractivity contribution >= 4 is 46.1 Å². The van der Waals surface area contributed by atoms with Gasteiger partial charge in [-0.2, -0.15) is 0 Å². The quantitative estimate of drug-likeness (QED) is 0.358. The molecule has 0 bridgehead atoms. The molecule has 0 saturated heterocycles. The van der Waals surface area contributed by atoms with E-state index in [2.05, 4.69) is 10.6 Å². The highest BCUT2D eigenvalue weighted by atomic mass is 35.5. The largest absolute Gasteiger partial charge is 0.325 e. The van der Waals surface area contributed by atoms with Crippen LogP contribution in [0.4, 0.5) is 11.4 Å². The third kappa shape index (κ3) is 5.02. The van der Waals surface area contributed by atoms with Crippen molar-refractivity contribution in [2.24, 2.45) is 0 Å². The van der Waals surface area contributed by atoms with E-state index in [1.165, 1.54) is 11.3 Å². The van der Waals surface area contributed by atoms with Crippen molar-refractivity contribution in [2.45, 2.75) is 5.92 Å². The molecule has 31 heavy (non-hydrogen) atoms. The third-order valence-electron chi connectivity index (χ3n) is 4.76. The number of anilines is 2. The molecule has 0 atom stereocenters. The molecule has 0 aliphatic rings. The standard InChI is InChI=1S/C25H19ClN2O2S/c26-20-16-19(13-14-21(20)28-24(29)22-12-7-15-31-22)27-25(30)23(17-8-3-1-4-9-17)18-10-5-2-6-11-18/h1-16,23H,(H,27,30)(H,28,29). The van der Waals surface area contributed by atoms with Gasteiger partial charge in [0.15, 0.2) is 0 Å². The van der Waals surface area contributed by atoms with Crippen molar-refractivity contribution < 1.29 is 9.59 Å². The van der Waals surface area contributed by atoms with E-state index in [0.717, 1.165) is 11.1 Å². The van der Waals surface area contributed by atoms with Crippen LogP contribution in [-0.4, -0.2) is 11.8 Å². The lowest BCUT2D eigenvalue weighted by Crippen LogP contribution is -2.22. The van der Waals surface area contributed by atoms with Crippen LogP contribution in [0.1, 0.15) is 26.7 Å². The van der Waals surface area contributed by atoms with Crippen molar-refractivity contribution in [1.82, 2.24) is 0 Å². The zero-order chi connectivity index (χ0) is 21.6. The van der Waals surface area contributed by atoms with E-state index in [4.69, 9.17) is 11.6 Å². The molecule has 0 saturated carbocycles. The van der Waals surface area contributed by atoms with Crippen LogP contribution in [0.15, 0.2) is 96.4 Å². The second-order valence-electron chi connectivity index (χ2n) is 6.87. The first-order valence-electron chi connectivity index (χ1n) is 9.67. The molecule has 1 heterocycles. The number of amides is 2. The van der Waals surface area contributed by atoms with Crippen LogP contribution in [0, 0.1) is 0 Å². The van der Waals surface area contributed by atoms with Crippen LogP contribution in [-0.2, 0) is 4.79 Å². The molecule has 3 aromatic carbocycles. The van der Waals surface area contributed by atoms with Crippen LogP contribution in [0.3, 0.4) is 0 Å². The first-order chi connectivity index (χ1) is 15.1. The number of hydrogen-bond donors (Lipinski definition) is 2. The monoisotopic (exact) mass is 446 g/mol. The van der Waals surface area contributed by atoms with Crippen LogP contribution in [0.5, 0.6) is 0 Å². The maximum Gasteiger partial charge on any atom is 0.265 e. The number of benzene rings is 3. The Morgan fingerprint density at radius 3 is 1.97 bits per heavy atom. The van der Waals surface area contributed by atoms with Gasteiger partial charge in [-0.1, -0.05) is 78.3 Å². The molecule has 2 N–H and O–H groups in total. The molecule has 2 amide bonds. The van der Waals surface area contributed by atoms with E-state index < -0.39 is 5.92 Å². The summed E-state index contributed by atoms with van der Waals surface area (Å²) < 4.78 is 0. The summed E-state index contributed by atoms with van der Waals surface area (Å²) in [6.07, 6.45) is 0. The average Bonchev–Trinajstić information content (AvgIpc) is 3.32. The molecule has 6 heteroatoms. The van der Waals surface area contributed by atoms with Crippen molar-refractivity contribution in [3.8, 4) is 0 Å². The number of rotatable bonds is 6. The molecule has 1 aromatic heterocycles. The Kier molecular flexibility index (Phi) is 6.46. The molecule has 4 aromatic rings. The Morgan fingerprint density at radius 2 is 1.42 bits per heavy atom. The van der Waals surface area contributed by atoms with Gasteiger partial charge in [-0.15, -0.1) is 11.3 Å². The molecule has 4 rings (SSSR count). The summed E-state index contributed by atoms with van der Waals surface area (Å²) >= 11 is 7.72. The maximum atomic E-state index is 13.2. The number of hydrogen-bond acceptors (Lipinski definition) is 3. The van der Waals surface area contributed by atoms with Crippen molar-refractivity contribution in [2.75, 3.05) is 10.6 Å². The lowest BCUT2D eigenvalue weighted by molar-refractivity contribution is -0.116. The highest BCUT2D eigenvalue weighted by Gasteiger charge is 2.23. The van der Waals surface area contributed by atoms with Crippen LogP contribution < -0.4 is 10.6 Å². The predicted octanol–water partition coefficient (Wildman–Crippen LogP) is 6.42. The summed E-state index contributed by atoms with van der Waals surface area (Å²) in [5.41, 5.74) is 2.84. The Hall–Kier alpha value is -3.41. The van der Waals surface area contributed by atoms with Crippen LogP contribution in [0.2, 0.25) is 5.02 Å². The number of thiophene rings is 1. The fraction of sp³-hybridized carbons (Fsp3) is 0.0400. The summed E-state index contributed by atoms with van der Waals surface area (Å²) in [6, 6.07) is 27.9. The molecular weight excluding hydrogens is 428 g/mol. The number of carbonyl (C=O) groups excluding carboxylic acids is 2. The highest BCUT2D eigenvalue weighted by molar-refractivity contribution is 7.12. The minimum atomic E-state index is -0.459. The molecule has 0 radical (unpaired) electrons. The molecule has 0 unspecified atom stereocenters. The number of carbonyl (C=O) groups is 2. The van der Waals surface area contributed by atoms with Gasteiger partial charge in [0.25, 0.3) is 5.91 Å². The van der Waals surface area contributed by atoms with Crippen LogP contribution >= 0.6 is 22.9 Å². The smallest absolute Gasteiger partial charge is 0.265 e. The summed E-state index contributed by atoms with van der Waals surface area (Å²) in [5.74, 6) is -0.842. The summed E-state index contributed by atoms with van der Waals surface area (Å²) in [4.78, 5) is 26.1. The van der Waals surface area contributed by atoms with Gasteiger partial charge < -0.3 is 10.6 Å². The lowest BCUT2D eigenvalue weighted by Gasteiger charge is -2.18. The van der Waals surface area contributed by atoms with Gasteiger partial charge in [-0.05, 0) is 40.8 Å². The van der Waals surface area contributed by atoms with Gasteiger partial charge in [-0.25, -0.2) is 0 Å². The molecular formula is C25H19ClN2O2S. The molecule has 0 spiro atoms. The van der Waals surface area contributed by atoms with Gasteiger partial charge in [0, 0.05) is 5.69 Å². The summed E-state index contributed by atoms with van der Waals surface area (Å²) in [5, 5.41) is 7.93.